The summed E-state index contributed by atoms with van der Waals surface area (Å²) in [7, 11) is 0. The van der Waals surface area contributed by atoms with E-state index < -0.39 is 5.82 Å². The number of benzene rings is 1. The third-order valence-corrected chi connectivity index (χ3v) is 6.45. The van der Waals surface area contributed by atoms with Crippen molar-refractivity contribution in [1.82, 2.24) is 20.0 Å². The Morgan fingerprint density at radius 1 is 1.17 bits per heavy atom. The number of amides is 2. The van der Waals surface area contributed by atoms with Gasteiger partial charge in [-0.1, -0.05) is 6.07 Å². The fourth-order valence-electron chi connectivity index (χ4n) is 4.62. The fraction of sp³-hybridized carbons (Fsp3) is 0.500. The number of rotatable bonds is 3. The number of H-pyrrole nitrogens is 1. The summed E-state index contributed by atoms with van der Waals surface area (Å²) in [6, 6.07) is 4.75. The van der Waals surface area contributed by atoms with Gasteiger partial charge in [0.1, 0.15) is 5.82 Å². The Balaban J connectivity index is 1.30. The molecule has 7 heteroatoms. The standard InChI is InChI=1S/C22H25FN4O2/c1-13-12-26(21(28)17-11-15(14-5-6-14)7-8-18(17)23)9-10-27(13)22(29)20-16-3-2-4-19(16)24-25-20/h7-8,11,13-14H,2-6,9-10,12H2,1H3,(H,24,25). The topological polar surface area (TPSA) is 69.3 Å². The van der Waals surface area contributed by atoms with Gasteiger partial charge in [0.15, 0.2) is 5.69 Å². The van der Waals surface area contributed by atoms with E-state index in [1.807, 2.05) is 6.92 Å². The predicted octanol–water partition coefficient (Wildman–Crippen LogP) is 2.90. The minimum Gasteiger partial charge on any atom is -0.335 e. The number of nitrogens with one attached hydrogen (secondary N) is 1. The van der Waals surface area contributed by atoms with Crippen molar-refractivity contribution in [1.29, 1.82) is 0 Å². The van der Waals surface area contributed by atoms with Gasteiger partial charge in [0.2, 0.25) is 0 Å². The van der Waals surface area contributed by atoms with E-state index in [-0.39, 0.29) is 23.4 Å². The zero-order valence-corrected chi connectivity index (χ0v) is 16.6. The second-order valence-corrected chi connectivity index (χ2v) is 8.50. The molecule has 1 aliphatic heterocycles. The molecule has 0 spiro atoms. The van der Waals surface area contributed by atoms with Gasteiger partial charge in [-0.3, -0.25) is 14.7 Å². The molecule has 3 aliphatic rings. The monoisotopic (exact) mass is 396 g/mol. The molecule has 2 fully saturated rings. The van der Waals surface area contributed by atoms with E-state index in [1.165, 1.54) is 6.07 Å². The van der Waals surface area contributed by atoms with Gasteiger partial charge < -0.3 is 9.80 Å². The number of hydrogen-bond donors (Lipinski definition) is 1. The van der Waals surface area contributed by atoms with Crippen LogP contribution >= 0.6 is 0 Å². The summed E-state index contributed by atoms with van der Waals surface area (Å²) in [6.45, 7) is 3.15. The summed E-state index contributed by atoms with van der Waals surface area (Å²) in [5.41, 5.74) is 3.82. The van der Waals surface area contributed by atoms with E-state index in [0.717, 1.165) is 48.9 Å². The molecule has 2 heterocycles. The normalized spacial score (nSPS) is 21.4. The van der Waals surface area contributed by atoms with E-state index in [9.17, 15) is 14.0 Å². The highest BCUT2D eigenvalue weighted by Gasteiger charge is 2.35. The van der Waals surface area contributed by atoms with E-state index in [0.29, 0.717) is 31.2 Å². The molecule has 1 saturated carbocycles. The largest absolute Gasteiger partial charge is 0.335 e. The number of piperazine rings is 1. The van der Waals surface area contributed by atoms with Crippen LogP contribution < -0.4 is 0 Å². The molecule has 0 bridgehead atoms. The molecular weight excluding hydrogens is 371 g/mol. The van der Waals surface area contributed by atoms with Crippen LogP contribution in [0.15, 0.2) is 18.2 Å². The third kappa shape index (κ3) is 3.22. The first kappa shape index (κ1) is 18.3. The van der Waals surface area contributed by atoms with Gasteiger partial charge in [-0.15, -0.1) is 0 Å². The maximum atomic E-state index is 14.4. The number of carbonyl (C=O) groups excluding carboxylic acids is 2. The van der Waals surface area contributed by atoms with Gasteiger partial charge in [0, 0.05) is 36.9 Å². The van der Waals surface area contributed by atoms with Crippen LogP contribution in [0, 0.1) is 5.82 Å². The molecular formula is C22H25FN4O2. The number of halogens is 1. The van der Waals surface area contributed by atoms with Crippen LogP contribution in [0.4, 0.5) is 4.39 Å². The molecule has 2 aliphatic carbocycles. The molecule has 1 unspecified atom stereocenters. The SMILES string of the molecule is CC1CN(C(=O)c2cc(C3CC3)ccc2F)CCN1C(=O)c1n[nH]c2c1CCC2. The van der Waals surface area contributed by atoms with Crippen LogP contribution in [0.1, 0.15) is 69.8 Å². The van der Waals surface area contributed by atoms with Crippen molar-refractivity contribution in [3.05, 3.63) is 52.1 Å². The zero-order chi connectivity index (χ0) is 20.1. The Hall–Kier alpha value is -2.70. The van der Waals surface area contributed by atoms with Crippen LogP contribution in [0.5, 0.6) is 0 Å². The molecule has 1 atom stereocenters. The van der Waals surface area contributed by atoms with Gasteiger partial charge in [-0.2, -0.15) is 5.10 Å². The second kappa shape index (κ2) is 6.97. The Kier molecular flexibility index (Phi) is 4.41. The Morgan fingerprint density at radius 3 is 2.76 bits per heavy atom. The second-order valence-electron chi connectivity index (χ2n) is 8.50. The number of fused-ring (bicyclic) bond motifs is 1. The molecule has 1 N–H and O–H groups in total. The highest BCUT2D eigenvalue weighted by Crippen LogP contribution is 2.40. The van der Waals surface area contributed by atoms with Crippen LogP contribution in [-0.2, 0) is 12.8 Å². The number of nitrogens with zero attached hydrogens (tertiary/aromatic N) is 3. The van der Waals surface area contributed by atoms with Gasteiger partial charge in [0.25, 0.3) is 11.8 Å². The van der Waals surface area contributed by atoms with Gasteiger partial charge in [-0.05, 0) is 62.6 Å². The van der Waals surface area contributed by atoms with Gasteiger partial charge in [-0.25, -0.2) is 4.39 Å². The Morgan fingerprint density at radius 2 is 2.00 bits per heavy atom. The number of carbonyl (C=O) groups is 2. The first-order valence-corrected chi connectivity index (χ1v) is 10.5. The Labute approximate surface area is 169 Å². The highest BCUT2D eigenvalue weighted by molar-refractivity contribution is 5.96. The van der Waals surface area contributed by atoms with Crippen molar-refractivity contribution in [2.24, 2.45) is 0 Å². The number of hydrogen-bond acceptors (Lipinski definition) is 3. The van der Waals surface area contributed by atoms with E-state index in [4.69, 9.17) is 0 Å². The van der Waals surface area contributed by atoms with E-state index in [2.05, 4.69) is 10.2 Å². The summed E-state index contributed by atoms with van der Waals surface area (Å²) >= 11 is 0. The van der Waals surface area contributed by atoms with Crippen molar-refractivity contribution >= 4 is 11.8 Å². The molecule has 1 aromatic heterocycles. The van der Waals surface area contributed by atoms with Crippen LogP contribution in [0.3, 0.4) is 0 Å². The van der Waals surface area contributed by atoms with E-state index >= 15 is 0 Å². The van der Waals surface area contributed by atoms with Crippen LogP contribution in [-0.4, -0.2) is 57.5 Å². The lowest BCUT2D eigenvalue weighted by Gasteiger charge is -2.39. The smallest absolute Gasteiger partial charge is 0.275 e. The minimum absolute atomic E-state index is 0.0779. The Bertz CT molecular complexity index is 981. The molecule has 2 amide bonds. The quantitative estimate of drug-likeness (QED) is 0.867. The summed E-state index contributed by atoms with van der Waals surface area (Å²) in [5.74, 6) is -0.376. The van der Waals surface area contributed by atoms with Crippen molar-refractivity contribution in [3.63, 3.8) is 0 Å². The molecule has 1 aromatic carbocycles. The zero-order valence-electron chi connectivity index (χ0n) is 16.6. The molecule has 0 radical (unpaired) electrons. The van der Waals surface area contributed by atoms with Gasteiger partial charge >= 0.3 is 0 Å². The van der Waals surface area contributed by atoms with Crippen molar-refractivity contribution < 1.29 is 14.0 Å². The van der Waals surface area contributed by atoms with Crippen LogP contribution in [0.25, 0.3) is 0 Å². The number of aromatic nitrogens is 2. The summed E-state index contributed by atoms with van der Waals surface area (Å²) in [4.78, 5) is 29.5. The first-order valence-electron chi connectivity index (χ1n) is 10.5. The first-order chi connectivity index (χ1) is 14.0. The van der Waals surface area contributed by atoms with Crippen molar-refractivity contribution in [3.8, 4) is 0 Å². The molecule has 6 nitrogen and oxygen atoms in total. The molecule has 152 valence electrons. The van der Waals surface area contributed by atoms with Crippen molar-refractivity contribution in [2.75, 3.05) is 19.6 Å². The molecule has 5 rings (SSSR count). The lowest BCUT2D eigenvalue weighted by molar-refractivity contribution is 0.0407. The maximum Gasteiger partial charge on any atom is 0.275 e. The third-order valence-electron chi connectivity index (χ3n) is 6.45. The molecule has 1 saturated heterocycles. The average molecular weight is 396 g/mol. The number of aromatic amines is 1. The fourth-order valence-corrected chi connectivity index (χ4v) is 4.62. The lowest BCUT2D eigenvalue weighted by atomic mass is 10.0. The highest BCUT2D eigenvalue weighted by atomic mass is 19.1. The molecule has 2 aromatic rings. The minimum atomic E-state index is -0.474. The summed E-state index contributed by atoms with van der Waals surface area (Å²) in [5, 5.41) is 7.24. The molecule has 29 heavy (non-hydrogen) atoms. The van der Waals surface area contributed by atoms with Crippen LogP contribution in [0.2, 0.25) is 0 Å². The van der Waals surface area contributed by atoms with Gasteiger partial charge in [0.05, 0.1) is 5.56 Å². The van der Waals surface area contributed by atoms with E-state index in [1.54, 1.807) is 21.9 Å². The maximum absolute atomic E-state index is 14.4. The predicted molar refractivity (Wildman–Crippen MR) is 105 cm³/mol. The summed E-state index contributed by atoms with van der Waals surface area (Å²) < 4.78 is 14.4. The number of aryl methyl sites for hydroxylation is 1. The average Bonchev–Trinajstić information content (AvgIpc) is 3.32. The summed E-state index contributed by atoms with van der Waals surface area (Å²) in [6.07, 6.45) is 5.09. The van der Waals surface area contributed by atoms with Crippen molar-refractivity contribution in [2.45, 2.75) is 51.0 Å². The lowest BCUT2D eigenvalue weighted by Crippen LogP contribution is -2.55.